The number of nitrogens with zero attached hydrogens (tertiary/aromatic N) is 1. The number of anilines is 1. The van der Waals surface area contributed by atoms with Gasteiger partial charge in [-0.2, -0.15) is 0 Å². The number of hydrazine groups is 1. The van der Waals surface area contributed by atoms with Crippen molar-refractivity contribution in [3.63, 3.8) is 0 Å². The highest BCUT2D eigenvalue weighted by Gasteiger charge is 2.36. The fraction of sp³-hybridized carbons (Fsp3) is 0.188. The van der Waals surface area contributed by atoms with E-state index in [0.29, 0.717) is 17.7 Å². The summed E-state index contributed by atoms with van der Waals surface area (Å²) >= 11 is 0. The fourth-order valence-corrected chi connectivity index (χ4v) is 4.61. The summed E-state index contributed by atoms with van der Waals surface area (Å²) in [6, 6.07) is 13.0. The lowest BCUT2D eigenvalue weighted by molar-refractivity contribution is 0.0953. The van der Waals surface area contributed by atoms with Crippen molar-refractivity contribution in [1.29, 1.82) is 0 Å². The van der Waals surface area contributed by atoms with Crippen LogP contribution in [-0.2, 0) is 16.4 Å². The third-order valence-corrected chi connectivity index (χ3v) is 5.87. The first-order valence-corrected chi connectivity index (χ1v) is 8.62. The number of nitrogens with two attached hydrogens (primary N) is 1. The van der Waals surface area contributed by atoms with Crippen LogP contribution in [0.2, 0.25) is 0 Å². The predicted molar refractivity (Wildman–Crippen MR) is 87.4 cm³/mol. The Morgan fingerprint density at radius 2 is 1.91 bits per heavy atom. The molecule has 1 atom stereocenters. The van der Waals surface area contributed by atoms with Crippen molar-refractivity contribution >= 4 is 21.6 Å². The molecular weight excluding hydrogens is 314 g/mol. The molecular formula is C16H17N3O3S. The number of nitrogens with one attached hydrogen (secondary N) is 1. The molecule has 1 heterocycles. The average molecular weight is 331 g/mol. The number of hydrogen-bond donors (Lipinski definition) is 2. The molecule has 0 fully saturated rings. The number of amides is 1. The quantitative estimate of drug-likeness (QED) is 0.505. The summed E-state index contributed by atoms with van der Waals surface area (Å²) in [4.78, 5) is 11.9. The van der Waals surface area contributed by atoms with E-state index in [4.69, 9.17) is 5.84 Å². The van der Waals surface area contributed by atoms with E-state index < -0.39 is 15.9 Å². The largest absolute Gasteiger partial charge is 0.290 e. The standard InChI is InChI=1S/C16H17N3O3S/c1-11-9-13-10-12(16(20)18-17)7-8-15(13)19(11)23(21,22)14-5-3-2-4-6-14/h2-8,10-11H,9,17H2,1H3,(H,18,20)/t11-/m0/s1. The number of carbonyl (C=O) groups is 1. The van der Waals surface area contributed by atoms with Crippen molar-refractivity contribution in [2.24, 2.45) is 5.84 Å². The first-order valence-electron chi connectivity index (χ1n) is 7.18. The van der Waals surface area contributed by atoms with Crippen molar-refractivity contribution in [2.45, 2.75) is 24.3 Å². The van der Waals surface area contributed by atoms with Crippen molar-refractivity contribution in [3.05, 3.63) is 59.7 Å². The molecule has 7 heteroatoms. The van der Waals surface area contributed by atoms with Crippen molar-refractivity contribution < 1.29 is 13.2 Å². The minimum Gasteiger partial charge on any atom is -0.290 e. The molecule has 0 spiro atoms. The molecule has 0 saturated heterocycles. The second-order valence-electron chi connectivity index (χ2n) is 5.48. The molecule has 3 rings (SSSR count). The topological polar surface area (TPSA) is 92.5 Å². The molecule has 120 valence electrons. The molecule has 0 saturated carbocycles. The Hall–Kier alpha value is -2.38. The lowest BCUT2D eigenvalue weighted by atomic mass is 10.1. The molecule has 0 radical (unpaired) electrons. The number of fused-ring (bicyclic) bond motifs is 1. The van der Waals surface area contributed by atoms with E-state index in [1.165, 1.54) is 4.31 Å². The fourth-order valence-electron chi connectivity index (χ4n) is 2.90. The summed E-state index contributed by atoms with van der Waals surface area (Å²) in [6.07, 6.45) is 0.549. The lowest BCUT2D eigenvalue weighted by Crippen LogP contribution is -2.35. The number of carbonyl (C=O) groups excluding carboxylic acids is 1. The predicted octanol–water partition coefficient (Wildman–Crippen LogP) is 1.43. The highest BCUT2D eigenvalue weighted by Crippen LogP contribution is 2.37. The van der Waals surface area contributed by atoms with Gasteiger partial charge in [0.15, 0.2) is 0 Å². The van der Waals surface area contributed by atoms with E-state index in [1.54, 1.807) is 48.5 Å². The van der Waals surface area contributed by atoms with Crippen LogP contribution < -0.4 is 15.6 Å². The summed E-state index contributed by atoms with van der Waals surface area (Å²) in [5.41, 5.74) is 3.92. The molecule has 0 aliphatic carbocycles. The number of sulfonamides is 1. The molecule has 1 amide bonds. The normalized spacial score (nSPS) is 17.0. The van der Waals surface area contributed by atoms with Crippen LogP contribution in [0.3, 0.4) is 0 Å². The van der Waals surface area contributed by atoms with Gasteiger partial charge in [0.1, 0.15) is 0 Å². The van der Waals surface area contributed by atoms with Gasteiger partial charge in [-0.1, -0.05) is 18.2 Å². The maximum atomic E-state index is 12.9. The summed E-state index contributed by atoms with van der Waals surface area (Å²) < 4.78 is 27.2. The maximum Gasteiger partial charge on any atom is 0.265 e. The van der Waals surface area contributed by atoms with Crippen LogP contribution >= 0.6 is 0 Å². The summed E-state index contributed by atoms with van der Waals surface area (Å²) in [5, 5.41) is 0. The van der Waals surface area contributed by atoms with Crippen LogP contribution in [0, 0.1) is 0 Å². The van der Waals surface area contributed by atoms with Gasteiger partial charge in [0, 0.05) is 11.6 Å². The van der Waals surface area contributed by atoms with Crippen molar-refractivity contribution in [1.82, 2.24) is 5.43 Å². The first kappa shape index (κ1) is 15.5. The third kappa shape index (κ3) is 2.58. The number of rotatable bonds is 3. The minimum absolute atomic E-state index is 0.216. The highest BCUT2D eigenvalue weighted by molar-refractivity contribution is 7.92. The Morgan fingerprint density at radius 3 is 2.57 bits per heavy atom. The molecule has 0 unspecified atom stereocenters. The second kappa shape index (κ2) is 5.68. The summed E-state index contributed by atoms with van der Waals surface area (Å²) in [6.45, 7) is 1.85. The molecule has 1 aliphatic rings. The molecule has 0 aromatic heterocycles. The zero-order chi connectivity index (χ0) is 16.6. The molecule has 6 nitrogen and oxygen atoms in total. The maximum absolute atomic E-state index is 12.9. The van der Waals surface area contributed by atoms with Gasteiger partial charge in [0.2, 0.25) is 0 Å². The molecule has 2 aromatic carbocycles. The van der Waals surface area contributed by atoms with Crippen LogP contribution in [-0.4, -0.2) is 20.4 Å². The van der Waals surface area contributed by atoms with E-state index in [0.717, 1.165) is 5.56 Å². The van der Waals surface area contributed by atoms with Gasteiger partial charge in [-0.05, 0) is 49.2 Å². The van der Waals surface area contributed by atoms with Crippen LogP contribution in [0.25, 0.3) is 0 Å². The first-order chi connectivity index (χ1) is 10.9. The smallest absolute Gasteiger partial charge is 0.265 e. The monoisotopic (exact) mass is 331 g/mol. The van der Waals surface area contributed by atoms with Gasteiger partial charge in [0.25, 0.3) is 15.9 Å². The van der Waals surface area contributed by atoms with Gasteiger partial charge in [-0.3, -0.25) is 14.5 Å². The van der Waals surface area contributed by atoms with E-state index in [9.17, 15) is 13.2 Å². The Labute approximate surface area is 134 Å². The number of nitrogen functional groups attached to an aromatic ring is 1. The Morgan fingerprint density at radius 1 is 1.22 bits per heavy atom. The van der Waals surface area contributed by atoms with Gasteiger partial charge < -0.3 is 0 Å². The molecule has 3 N–H and O–H groups in total. The van der Waals surface area contributed by atoms with Crippen LogP contribution in [0.1, 0.15) is 22.8 Å². The van der Waals surface area contributed by atoms with Gasteiger partial charge in [0.05, 0.1) is 10.6 Å². The van der Waals surface area contributed by atoms with Gasteiger partial charge >= 0.3 is 0 Å². The average Bonchev–Trinajstić information content (AvgIpc) is 2.90. The summed E-state index contributed by atoms with van der Waals surface area (Å²) in [7, 11) is -3.63. The molecule has 2 aromatic rings. The van der Waals surface area contributed by atoms with Crippen LogP contribution in [0.5, 0.6) is 0 Å². The molecule has 23 heavy (non-hydrogen) atoms. The Kier molecular flexibility index (Phi) is 3.83. The van der Waals surface area contributed by atoms with Crippen LogP contribution in [0.15, 0.2) is 53.4 Å². The number of hydrogen-bond acceptors (Lipinski definition) is 4. The van der Waals surface area contributed by atoms with Crippen molar-refractivity contribution in [3.8, 4) is 0 Å². The zero-order valence-corrected chi connectivity index (χ0v) is 13.4. The van der Waals surface area contributed by atoms with Gasteiger partial charge in [-0.25, -0.2) is 14.3 Å². The van der Waals surface area contributed by atoms with E-state index in [1.807, 2.05) is 6.92 Å². The van der Waals surface area contributed by atoms with E-state index in [-0.39, 0.29) is 10.9 Å². The van der Waals surface area contributed by atoms with Crippen LogP contribution in [0.4, 0.5) is 5.69 Å². The molecule has 0 bridgehead atoms. The molecule has 1 aliphatic heterocycles. The summed E-state index contributed by atoms with van der Waals surface area (Å²) in [5.74, 6) is 4.74. The Balaban J connectivity index is 2.06. The number of benzene rings is 2. The highest BCUT2D eigenvalue weighted by atomic mass is 32.2. The minimum atomic E-state index is -3.63. The lowest BCUT2D eigenvalue weighted by Gasteiger charge is -2.24. The zero-order valence-electron chi connectivity index (χ0n) is 12.6. The Bertz CT molecular complexity index is 850. The third-order valence-electron chi connectivity index (χ3n) is 3.93. The van der Waals surface area contributed by atoms with E-state index in [2.05, 4.69) is 5.43 Å². The van der Waals surface area contributed by atoms with Gasteiger partial charge in [-0.15, -0.1) is 0 Å². The second-order valence-corrected chi connectivity index (χ2v) is 7.30. The SMILES string of the molecule is C[C@H]1Cc2cc(C(=O)NN)ccc2N1S(=O)(=O)c1ccccc1. The van der Waals surface area contributed by atoms with Crippen molar-refractivity contribution in [2.75, 3.05) is 4.31 Å². The van der Waals surface area contributed by atoms with E-state index >= 15 is 0 Å².